The van der Waals surface area contributed by atoms with Crippen molar-refractivity contribution in [2.75, 3.05) is 0 Å². The van der Waals surface area contributed by atoms with Crippen LogP contribution in [0.25, 0.3) is 0 Å². The Kier molecular flexibility index (Phi) is 7.39. The van der Waals surface area contributed by atoms with Gasteiger partial charge < -0.3 is 5.73 Å². The molecule has 2 nitrogen and oxygen atoms in total. The molecule has 4 heteroatoms. The van der Waals surface area contributed by atoms with E-state index in [1.165, 1.54) is 0 Å². The van der Waals surface area contributed by atoms with Gasteiger partial charge in [0.2, 0.25) is 0 Å². The molecule has 2 N–H and O–H groups in total. The van der Waals surface area contributed by atoms with Crippen molar-refractivity contribution in [2.45, 2.75) is 19.9 Å². The molecule has 0 amide bonds. The van der Waals surface area contributed by atoms with Gasteiger partial charge in [-0.05, 0) is 25.5 Å². The Balaban J connectivity index is 0. The molecule has 0 aromatic carbocycles. The van der Waals surface area contributed by atoms with Crippen LogP contribution in [0.4, 0.5) is 0 Å². The molecule has 0 radical (unpaired) electrons. The second-order valence-corrected chi connectivity index (χ2v) is 2.49. The van der Waals surface area contributed by atoms with Crippen LogP contribution in [-0.2, 0) is 0 Å². The van der Waals surface area contributed by atoms with Crippen molar-refractivity contribution in [1.29, 1.82) is 0 Å². The molecule has 0 aliphatic heterocycles. The lowest BCUT2D eigenvalue weighted by Gasteiger charge is -2.06. The van der Waals surface area contributed by atoms with E-state index >= 15 is 0 Å². The summed E-state index contributed by atoms with van der Waals surface area (Å²) in [6.45, 7) is 3.96. The van der Waals surface area contributed by atoms with Crippen LogP contribution in [0.5, 0.6) is 0 Å². The van der Waals surface area contributed by atoms with Crippen LogP contribution < -0.4 is 5.73 Å². The highest BCUT2D eigenvalue weighted by molar-refractivity contribution is 5.85. The van der Waals surface area contributed by atoms with Crippen molar-refractivity contribution in [2.24, 2.45) is 5.73 Å². The third-order valence-corrected chi connectivity index (χ3v) is 1.48. The first kappa shape index (κ1) is 14.2. The Bertz CT molecular complexity index is 226. The molecule has 1 rings (SSSR count). The zero-order valence-electron chi connectivity index (χ0n) is 7.15. The summed E-state index contributed by atoms with van der Waals surface area (Å²) in [5, 5.41) is 0. The van der Waals surface area contributed by atoms with E-state index < -0.39 is 0 Å². The Morgan fingerprint density at radius 3 is 2.33 bits per heavy atom. The Hall–Kier alpha value is -0.310. The third-order valence-electron chi connectivity index (χ3n) is 1.48. The van der Waals surface area contributed by atoms with Crippen molar-refractivity contribution < 1.29 is 0 Å². The van der Waals surface area contributed by atoms with Crippen LogP contribution in [0.3, 0.4) is 0 Å². The van der Waals surface area contributed by atoms with Gasteiger partial charge in [0.25, 0.3) is 0 Å². The quantitative estimate of drug-likeness (QED) is 0.770. The number of pyridine rings is 1. The molecular formula is C8H14Cl2N2. The van der Waals surface area contributed by atoms with Crippen LogP contribution in [-0.4, -0.2) is 4.98 Å². The molecule has 0 unspecified atom stereocenters. The van der Waals surface area contributed by atoms with Gasteiger partial charge in [-0.3, -0.25) is 4.98 Å². The number of aromatic nitrogens is 1. The number of nitrogens with zero attached hydrogens (tertiary/aromatic N) is 1. The van der Waals surface area contributed by atoms with E-state index in [4.69, 9.17) is 5.73 Å². The van der Waals surface area contributed by atoms with Crippen molar-refractivity contribution in [3.05, 3.63) is 29.6 Å². The maximum absolute atomic E-state index is 5.65. The van der Waals surface area contributed by atoms with Crippen LogP contribution in [0.15, 0.2) is 18.3 Å². The normalized spacial score (nSPS) is 10.9. The molecule has 12 heavy (non-hydrogen) atoms. The predicted octanol–water partition coefficient (Wildman–Crippen LogP) is 2.25. The molecule has 1 aromatic heterocycles. The zero-order chi connectivity index (χ0) is 7.56. The number of halogens is 2. The molecule has 0 aliphatic rings. The van der Waals surface area contributed by atoms with Gasteiger partial charge >= 0.3 is 0 Å². The second-order valence-electron chi connectivity index (χ2n) is 2.49. The second kappa shape index (κ2) is 6.23. The van der Waals surface area contributed by atoms with Gasteiger partial charge in [0, 0.05) is 12.2 Å². The monoisotopic (exact) mass is 208 g/mol. The Morgan fingerprint density at radius 1 is 1.42 bits per heavy atom. The third kappa shape index (κ3) is 3.39. The van der Waals surface area contributed by atoms with E-state index in [0.717, 1.165) is 11.3 Å². The highest BCUT2D eigenvalue weighted by Crippen LogP contribution is 2.09. The lowest BCUT2D eigenvalue weighted by atomic mass is 10.1. The van der Waals surface area contributed by atoms with Gasteiger partial charge in [-0.2, -0.15) is 0 Å². The average molecular weight is 209 g/mol. The summed E-state index contributed by atoms with van der Waals surface area (Å²) in [6, 6.07) is 3.98. The van der Waals surface area contributed by atoms with E-state index in [2.05, 4.69) is 4.98 Å². The summed E-state index contributed by atoms with van der Waals surface area (Å²) in [5.41, 5.74) is 7.80. The Labute approximate surface area is 85.4 Å². The van der Waals surface area contributed by atoms with E-state index in [9.17, 15) is 0 Å². The molecule has 1 atom stereocenters. The minimum Gasteiger partial charge on any atom is -0.323 e. The fraction of sp³-hybridized carbons (Fsp3) is 0.375. The van der Waals surface area contributed by atoms with Gasteiger partial charge in [-0.1, -0.05) is 6.07 Å². The van der Waals surface area contributed by atoms with Crippen LogP contribution in [0.2, 0.25) is 0 Å². The standard InChI is InChI=1S/C8H12N2.2ClH/c1-6-4-3-5-10-8(6)7(2)9;;/h3-5,7H,9H2,1-2H3;2*1H/t7-;;/m1../s1. The molecule has 1 aromatic rings. The molecule has 0 fully saturated rings. The summed E-state index contributed by atoms with van der Waals surface area (Å²) in [4.78, 5) is 4.15. The van der Waals surface area contributed by atoms with Crippen molar-refractivity contribution >= 4 is 24.8 Å². The summed E-state index contributed by atoms with van der Waals surface area (Å²) in [6.07, 6.45) is 1.77. The van der Waals surface area contributed by atoms with Gasteiger partial charge in [0.15, 0.2) is 0 Å². The first-order valence-electron chi connectivity index (χ1n) is 3.39. The average Bonchev–Trinajstić information content (AvgIpc) is 1.88. The zero-order valence-corrected chi connectivity index (χ0v) is 8.78. The van der Waals surface area contributed by atoms with Crippen molar-refractivity contribution in [3.63, 3.8) is 0 Å². The number of nitrogens with two attached hydrogens (primary N) is 1. The largest absolute Gasteiger partial charge is 0.323 e. The molecule has 70 valence electrons. The minimum absolute atomic E-state index is 0. The molecule has 0 saturated carbocycles. The van der Waals surface area contributed by atoms with E-state index in [1.54, 1.807) is 6.20 Å². The minimum atomic E-state index is 0. The summed E-state index contributed by atoms with van der Waals surface area (Å²) < 4.78 is 0. The lowest BCUT2D eigenvalue weighted by molar-refractivity contribution is 0.772. The number of rotatable bonds is 1. The van der Waals surface area contributed by atoms with E-state index in [-0.39, 0.29) is 30.9 Å². The highest BCUT2D eigenvalue weighted by Gasteiger charge is 2.01. The fourth-order valence-electron chi connectivity index (χ4n) is 0.975. The lowest BCUT2D eigenvalue weighted by Crippen LogP contribution is -2.08. The maximum atomic E-state index is 5.65. The SMILES string of the molecule is Cc1cccnc1[C@@H](C)N.Cl.Cl. The number of hydrogen-bond acceptors (Lipinski definition) is 2. The van der Waals surface area contributed by atoms with Gasteiger partial charge in [-0.15, -0.1) is 24.8 Å². The molecule has 1 heterocycles. The van der Waals surface area contributed by atoms with Crippen molar-refractivity contribution in [3.8, 4) is 0 Å². The number of hydrogen-bond donors (Lipinski definition) is 1. The van der Waals surface area contributed by atoms with Gasteiger partial charge in [0.05, 0.1) is 5.69 Å². The Morgan fingerprint density at radius 2 is 2.00 bits per heavy atom. The summed E-state index contributed by atoms with van der Waals surface area (Å²) in [7, 11) is 0. The smallest absolute Gasteiger partial charge is 0.0597 e. The molecule has 0 bridgehead atoms. The molecule has 0 aliphatic carbocycles. The summed E-state index contributed by atoms with van der Waals surface area (Å²) in [5.74, 6) is 0. The van der Waals surface area contributed by atoms with Gasteiger partial charge in [0.1, 0.15) is 0 Å². The maximum Gasteiger partial charge on any atom is 0.0597 e. The predicted molar refractivity (Wildman–Crippen MR) is 56.1 cm³/mol. The van der Waals surface area contributed by atoms with Gasteiger partial charge in [-0.25, -0.2) is 0 Å². The summed E-state index contributed by atoms with van der Waals surface area (Å²) >= 11 is 0. The molecular weight excluding hydrogens is 195 g/mol. The molecule has 0 spiro atoms. The van der Waals surface area contributed by atoms with E-state index in [0.29, 0.717) is 0 Å². The molecule has 0 saturated heterocycles. The van der Waals surface area contributed by atoms with E-state index in [1.807, 2.05) is 26.0 Å². The highest BCUT2D eigenvalue weighted by atomic mass is 35.5. The number of aryl methyl sites for hydroxylation is 1. The van der Waals surface area contributed by atoms with Crippen molar-refractivity contribution in [1.82, 2.24) is 4.98 Å². The van der Waals surface area contributed by atoms with Crippen LogP contribution in [0.1, 0.15) is 24.2 Å². The van der Waals surface area contributed by atoms with Crippen LogP contribution in [0, 0.1) is 6.92 Å². The van der Waals surface area contributed by atoms with Crippen LogP contribution >= 0.6 is 24.8 Å². The fourth-order valence-corrected chi connectivity index (χ4v) is 0.975. The first-order valence-corrected chi connectivity index (χ1v) is 3.39. The topological polar surface area (TPSA) is 38.9 Å². The first-order chi connectivity index (χ1) is 4.72.